The molecule has 1 aromatic heterocycles. The van der Waals surface area contributed by atoms with Crippen molar-refractivity contribution in [3.05, 3.63) is 17.5 Å². The normalized spacial score (nSPS) is 19.2. The fourth-order valence-corrected chi connectivity index (χ4v) is 3.70. The molecule has 1 saturated heterocycles. The molecule has 6 heteroatoms. The van der Waals surface area contributed by atoms with Gasteiger partial charge in [0.15, 0.2) is 0 Å². The molecule has 2 heterocycles. The summed E-state index contributed by atoms with van der Waals surface area (Å²) in [5.41, 5.74) is 1.31. The molecule has 1 aromatic rings. The highest BCUT2D eigenvalue weighted by Crippen LogP contribution is 2.23. The van der Waals surface area contributed by atoms with Crippen molar-refractivity contribution < 1.29 is 4.79 Å². The first-order chi connectivity index (χ1) is 10.1. The van der Waals surface area contributed by atoms with Crippen molar-refractivity contribution in [2.45, 2.75) is 38.4 Å². The summed E-state index contributed by atoms with van der Waals surface area (Å²) in [6.07, 6.45) is 3.48. The molecule has 0 aliphatic carbocycles. The van der Waals surface area contributed by atoms with E-state index in [0.717, 1.165) is 31.0 Å². The van der Waals surface area contributed by atoms with Gasteiger partial charge in [-0.3, -0.25) is 4.79 Å². The van der Waals surface area contributed by atoms with Crippen molar-refractivity contribution in [2.75, 3.05) is 31.2 Å². The average Bonchev–Trinajstić information content (AvgIpc) is 2.72. The van der Waals surface area contributed by atoms with Gasteiger partial charge in [0, 0.05) is 31.1 Å². The minimum absolute atomic E-state index is 0.0283. The smallest absolute Gasteiger partial charge is 0.272 e. The lowest BCUT2D eigenvalue weighted by molar-refractivity contribution is 0.0757. The van der Waals surface area contributed by atoms with Crippen LogP contribution in [-0.4, -0.2) is 51.9 Å². The molecule has 21 heavy (non-hydrogen) atoms. The van der Waals surface area contributed by atoms with Crippen molar-refractivity contribution >= 4 is 23.6 Å². The number of amides is 1. The third-order valence-electron chi connectivity index (χ3n) is 3.61. The Morgan fingerprint density at radius 2 is 2.29 bits per heavy atom. The van der Waals surface area contributed by atoms with Crippen LogP contribution in [0.1, 0.15) is 42.4 Å². The third kappa shape index (κ3) is 4.33. The molecular weight excluding hydrogens is 284 g/mol. The van der Waals surface area contributed by atoms with Gasteiger partial charge in [0.25, 0.3) is 5.91 Å². The van der Waals surface area contributed by atoms with Crippen molar-refractivity contribution in [3.8, 4) is 0 Å². The maximum atomic E-state index is 12.7. The molecule has 1 aliphatic rings. The van der Waals surface area contributed by atoms with Gasteiger partial charge in [-0.25, -0.2) is 9.97 Å². The molecule has 1 aliphatic heterocycles. The maximum absolute atomic E-state index is 12.7. The van der Waals surface area contributed by atoms with E-state index in [-0.39, 0.29) is 5.91 Å². The van der Waals surface area contributed by atoms with Crippen LogP contribution in [0, 0.1) is 6.92 Å². The number of aryl methyl sites for hydroxylation is 1. The average molecular weight is 308 g/mol. The SMILES string of the molecule is CCSC1CCCCN(C(=O)c2cc(C)nc(NC)n2)C1. The highest BCUT2D eigenvalue weighted by Gasteiger charge is 2.24. The van der Waals surface area contributed by atoms with Crippen LogP contribution < -0.4 is 5.32 Å². The summed E-state index contributed by atoms with van der Waals surface area (Å²) in [7, 11) is 1.77. The summed E-state index contributed by atoms with van der Waals surface area (Å²) >= 11 is 1.95. The van der Waals surface area contributed by atoms with Crippen LogP contribution in [0.2, 0.25) is 0 Å². The summed E-state index contributed by atoms with van der Waals surface area (Å²) < 4.78 is 0. The quantitative estimate of drug-likeness (QED) is 0.926. The molecule has 0 aromatic carbocycles. The number of anilines is 1. The van der Waals surface area contributed by atoms with Gasteiger partial charge in [0.2, 0.25) is 5.95 Å². The maximum Gasteiger partial charge on any atom is 0.272 e. The van der Waals surface area contributed by atoms with Crippen molar-refractivity contribution in [2.24, 2.45) is 0 Å². The van der Waals surface area contributed by atoms with E-state index in [9.17, 15) is 4.79 Å². The minimum Gasteiger partial charge on any atom is -0.357 e. The van der Waals surface area contributed by atoms with E-state index in [1.165, 1.54) is 12.8 Å². The highest BCUT2D eigenvalue weighted by atomic mass is 32.2. The second-order valence-electron chi connectivity index (χ2n) is 5.29. The first-order valence-electron chi connectivity index (χ1n) is 7.58. The van der Waals surface area contributed by atoms with Crippen molar-refractivity contribution in [1.82, 2.24) is 14.9 Å². The Morgan fingerprint density at radius 3 is 3.00 bits per heavy atom. The summed E-state index contributed by atoms with van der Waals surface area (Å²) in [6, 6.07) is 1.77. The number of hydrogen-bond donors (Lipinski definition) is 1. The summed E-state index contributed by atoms with van der Waals surface area (Å²) in [6.45, 7) is 5.72. The summed E-state index contributed by atoms with van der Waals surface area (Å²) in [5.74, 6) is 1.64. The summed E-state index contributed by atoms with van der Waals surface area (Å²) in [4.78, 5) is 23.2. The lowest BCUT2D eigenvalue weighted by atomic mass is 10.2. The number of nitrogens with one attached hydrogen (secondary N) is 1. The lowest BCUT2D eigenvalue weighted by Gasteiger charge is -2.24. The number of thioether (sulfide) groups is 1. The van der Waals surface area contributed by atoms with E-state index in [4.69, 9.17) is 0 Å². The van der Waals surface area contributed by atoms with Crippen LogP contribution >= 0.6 is 11.8 Å². The Morgan fingerprint density at radius 1 is 1.48 bits per heavy atom. The van der Waals surface area contributed by atoms with E-state index in [1.807, 2.05) is 23.6 Å². The van der Waals surface area contributed by atoms with Gasteiger partial charge in [-0.05, 0) is 31.6 Å². The number of nitrogens with zero attached hydrogens (tertiary/aromatic N) is 3. The Bertz CT molecular complexity index is 495. The molecule has 1 fully saturated rings. The molecular formula is C15H24N4OS. The minimum atomic E-state index is 0.0283. The Kier molecular flexibility index (Phi) is 5.85. The van der Waals surface area contributed by atoms with E-state index >= 15 is 0 Å². The van der Waals surface area contributed by atoms with E-state index in [1.54, 1.807) is 13.1 Å². The Labute approximate surface area is 130 Å². The second kappa shape index (κ2) is 7.64. The first-order valence-corrected chi connectivity index (χ1v) is 8.63. The first kappa shape index (κ1) is 16.1. The van der Waals surface area contributed by atoms with Gasteiger partial charge in [0.1, 0.15) is 5.69 Å². The number of likely N-dealkylation sites (tertiary alicyclic amines) is 1. The van der Waals surface area contributed by atoms with Crippen LogP contribution in [0.15, 0.2) is 6.07 Å². The largest absolute Gasteiger partial charge is 0.357 e. The fourth-order valence-electron chi connectivity index (χ4n) is 2.61. The zero-order chi connectivity index (χ0) is 15.2. The molecule has 0 saturated carbocycles. The predicted octanol–water partition coefficient (Wildman–Crippen LogP) is 2.57. The third-order valence-corrected chi connectivity index (χ3v) is 4.80. The van der Waals surface area contributed by atoms with Gasteiger partial charge < -0.3 is 10.2 Å². The monoisotopic (exact) mass is 308 g/mol. The van der Waals surface area contributed by atoms with Gasteiger partial charge in [-0.1, -0.05) is 13.3 Å². The van der Waals surface area contributed by atoms with Gasteiger partial charge in [-0.2, -0.15) is 11.8 Å². The van der Waals surface area contributed by atoms with Crippen molar-refractivity contribution in [3.63, 3.8) is 0 Å². The molecule has 1 amide bonds. The molecule has 0 radical (unpaired) electrons. The van der Waals surface area contributed by atoms with Crippen LogP contribution in [0.5, 0.6) is 0 Å². The molecule has 2 rings (SSSR count). The van der Waals surface area contributed by atoms with Gasteiger partial charge in [0.05, 0.1) is 0 Å². The van der Waals surface area contributed by atoms with Crippen LogP contribution in [0.3, 0.4) is 0 Å². The summed E-state index contributed by atoms with van der Waals surface area (Å²) in [5, 5.41) is 3.46. The van der Waals surface area contributed by atoms with Crippen LogP contribution in [0.4, 0.5) is 5.95 Å². The van der Waals surface area contributed by atoms with E-state index < -0.39 is 0 Å². The molecule has 0 spiro atoms. The molecule has 5 nitrogen and oxygen atoms in total. The molecule has 1 unspecified atom stereocenters. The number of hydrogen-bond acceptors (Lipinski definition) is 5. The number of rotatable bonds is 4. The van der Waals surface area contributed by atoms with E-state index in [0.29, 0.717) is 16.9 Å². The van der Waals surface area contributed by atoms with Gasteiger partial charge >= 0.3 is 0 Å². The zero-order valence-electron chi connectivity index (χ0n) is 13.1. The highest BCUT2D eigenvalue weighted by molar-refractivity contribution is 7.99. The van der Waals surface area contributed by atoms with Gasteiger partial charge in [-0.15, -0.1) is 0 Å². The topological polar surface area (TPSA) is 58.1 Å². The van der Waals surface area contributed by atoms with Crippen molar-refractivity contribution in [1.29, 1.82) is 0 Å². The van der Waals surface area contributed by atoms with Crippen LogP contribution in [-0.2, 0) is 0 Å². The fraction of sp³-hybridized carbons (Fsp3) is 0.667. The Hall–Kier alpha value is -1.30. The Balaban J connectivity index is 2.15. The predicted molar refractivity (Wildman–Crippen MR) is 88.0 cm³/mol. The number of carbonyl (C=O) groups excluding carboxylic acids is 1. The number of carbonyl (C=O) groups is 1. The number of aromatic nitrogens is 2. The molecule has 1 atom stereocenters. The molecule has 1 N–H and O–H groups in total. The standard InChI is InChI=1S/C15H24N4OS/c1-4-21-12-7-5-6-8-19(10-12)14(20)13-9-11(2)17-15(16-3)18-13/h9,12H,4-8,10H2,1-3H3,(H,16,17,18). The van der Waals surface area contributed by atoms with E-state index in [2.05, 4.69) is 22.2 Å². The molecule has 116 valence electrons. The lowest BCUT2D eigenvalue weighted by Crippen LogP contribution is -2.36. The molecule has 0 bridgehead atoms. The zero-order valence-corrected chi connectivity index (χ0v) is 13.9. The second-order valence-corrected chi connectivity index (χ2v) is 6.87. The van der Waals surface area contributed by atoms with Crippen LogP contribution in [0.25, 0.3) is 0 Å².